The number of nitrogens with zero attached hydrogens (tertiary/aromatic N) is 1. The van der Waals surface area contributed by atoms with Crippen LogP contribution in [0.15, 0.2) is 18.2 Å². The van der Waals surface area contributed by atoms with Crippen LogP contribution in [0, 0.1) is 11.2 Å². The maximum absolute atomic E-state index is 13.4. The molecule has 2 rings (SSSR count). The molecule has 0 bridgehead atoms. The lowest BCUT2D eigenvalue weighted by Crippen LogP contribution is -2.54. The van der Waals surface area contributed by atoms with Crippen molar-refractivity contribution in [2.75, 3.05) is 13.1 Å². The molecule has 20 heavy (non-hydrogen) atoms. The summed E-state index contributed by atoms with van der Waals surface area (Å²) in [6.07, 6.45) is 0.759. The third kappa shape index (κ3) is 3.43. The first-order valence-corrected chi connectivity index (χ1v) is 6.69. The maximum Gasteiger partial charge on any atom is 0.253 e. The monoisotopic (exact) mass is 320 g/mol. The van der Waals surface area contributed by atoms with Crippen LogP contribution < -0.4 is 5.73 Å². The lowest BCUT2D eigenvalue weighted by atomic mass is 9.79. The minimum Gasteiger partial charge on any atom is -0.338 e. The second-order valence-electron chi connectivity index (χ2n) is 5.74. The second kappa shape index (κ2) is 6.29. The summed E-state index contributed by atoms with van der Waals surface area (Å²) in [5.74, 6) is -0.740. The lowest BCUT2D eigenvalue weighted by molar-refractivity contribution is 0.0532. The first kappa shape index (κ1) is 17.2. The van der Waals surface area contributed by atoms with E-state index in [1.807, 2.05) is 13.8 Å². The summed E-state index contributed by atoms with van der Waals surface area (Å²) in [5, 5.41) is 0.0255. The number of hydrogen-bond donors (Lipinski definition) is 1. The first-order valence-electron chi connectivity index (χ1n) is 6.31. The number of piperidine rings is 1. The van der Waals surface area contributed by atoms with Gasteiger partial charge in [0.15, 0.2) is 0 Å². The number of nitrogens with two attached hydrogens (primary N) is 1. The molecule has 2 N–H and O–H groups in total. The molecule has 1 fully saturated rings. The number of likely N-dealkylation sites (tertiary alicyclic amines) is 1. The fourth-order valence-corrected chi connectivity index (χ4v) is 2.48. The predicted octanol–water partition coefficient (Wildman–Crippen LogP) is 3.10. The molecule has 112 valence electrons. The number of benzene rings is 1. The van der Waals surface area contributed by atoms with E-state index >= 15 is 0 Å². The number of rotatable bonds is 1. The molecule has 1 unspecified atom stereocenters. The molecular weight excluding hydrogens is 302 g/mol. The van der Waals surface area contributed by atoms with Gasteiger partial charge in [-0.1, -0.05) is 25.4 Å². The smallest absolute Gasteiger partial charge is 0.253 e. The molecule has 0 spiro atoms. The highest BCUT2D eigenvalue weighted by molar-refractivity contribution is 6.30. The highest BCUT2D eigenvalue weighted by atomic mass is 35.5. The maximum atomic E-state index is 13.4. The third-order valence-electron chi connectivity index (χ3n) is 3.77. The molecule has 1 saturated heterocycles. The Morgan fingerprint density at radius 3 is 2.70 bits per heavy atom. The van der Waals surface area contributed by atoms with Crippen LogP contribution in [0.1, 0.15) is 30.6 Å². The lowest BCUT2D eigenvalue weighted by Gasteiger charge is -2.42. The number of halogens is 3. The summed E-state index contributed by atoms with van der Waals surface area (Å²) in [4.78, 5) is 14.1. The van der Waals surface area contributed by atoms with Crippen molar-refractivity contribution >= 4 is 29.9 Å². The van der Waals surface area contributed by atoms with Crippen LogP contribution in [0.3, 0.4) is 0 Å². The number of amides is 1. The molecule has 3 nitrogen and oxygen atoms in total. The number of carbonyl (C=O) groups is 1. The van der Waals surface area contributed by atoms with Gasteiger partial charge in [0, 0.05) is 24.7 Å². The van der Waals surface area contributed by atoms with Gasteiger partial charge in [0.25, 0.3) is 5.91 Å². The highest BCUT2D eigenvalue weighted by Gasteiger charge is 2.35. The van der Waals surface area contributed by atoms with Crippen LogP contribution in [-0.4, -0.2) is 29.9 Å². The van der Waals surface area contributed by atoms with E-state index in [1.165, 1.54) is 12.1 Å². The molecule has 1 amide bonds. The van der Waals surface area contributed by atoms with Gasteiger partial charge in [0.1, 0.15) is 5.82 Å². The Labute approximate surface area is 129 Å². The predicted molar refractivity (Wildman–Crippen MR) is 80.9 cm³/mol. The van der Waals surface area contributed by atoms with Crippen molar-refractivity contribution in [3.8, 4) is 0 Å². The molecule has 1 aromatic rings. The molecule has 6 heteroatoms. The molecule has 1 aliphatic heterocycles. The third-order valence-corrected chi connectivity index (χ3v) is 4.07. The van der Waals surface area contributed by atoms with E-state index in [-0.39, 0.29) is 34.8 Å². The molecular formula is C14H19Cl2FN2O. The summed E-state index contributed by atoms with van der Waals surface area (Å²) in [7, 11) is 0. The summed E-state index contributed by atoms with van der Waals surface area (Å²) in [5.41, 5.74) is 6.24. The van der Waals surface area contributed by atoms with Gasteiger partial charge in [-0.3, -0.25) is 4.79 Å². The van der Waals surface area contributed by atoms with Gasteiger partial charge in [0.05, 0.1) is 5.02 Å². The van der Waals surface area contributed by atoms with Gasteiger partial charge in [-0.25, -0.2) is 4.39 Å². The number of carbonyl (C=O) groups excluding carboxylic acids is 1. The molecule has 0 saturated carbocycles. The Hall–Kier alpha value is -0.840. The van der Waals surface area contributed by atoms with Crippen LogP contribution in [0.2, 0.25) is 5.02 Å². The molecule has 1 aliphatic rings. The first-order chi connectivity index (χ1) is 8.81. The van der Waals surface area contributed by atoms with Gasteiger partial charge in [-0.2, -0.15) is 0 Å². The number of hydrogen-bond acceptors (Lipinski definition) is 2. The van der Waals surface area contributed by atoms with Gasteiger partial charge in [-0.05, 0) is 30.0 Å². The average Bonchev–Trinajstić information content (AvgIpc) is 2.35. The van der Waals surface area contributed by atoms with E-state index in [0.717, 1.165) is 6.42 Å². The Morgan fingerprint density at radius 2 is 2.15 bits per heavy atom. The van der Waals surface area contributed by atoms with Crippen molar-refractivity contribution in [3.63, 3.8) is 0 Å². The summed E-state index contributed by atoms with van der Waals surface area (Å²) in [6.45, 7) is 5.27. The zero-order valence-electron chi connectivity index (χ0n) is 11.5. The van der Waals surface area contributed by atoms with Crippen LogP contribution in [-0.2, 0) is 0 Å². The van der Waals surface area contributed by atoms with E-state index in [1.54, 1.807) is 11.0 Å². The zero-order chi connectivity index (χ0) is 14.2. The van der Waals surface area contributed by atoms with Gasteiger partial charge in [0.2, 0.25) is 0 Å². The van der Waals surface area contributed by atoms with Crippen molar-refractivity contribution in [1.82, 2.24) is 4.90 Å². The Kier molecular flexibility index (Phi) is 5.41. The average molecular weight is 321 g/mol. The van der Waals surface area contributed by atoms with E-state index < -0.39 is 5.82 Å². The zero-order valence-corrected chi connectivity index (χ0v) is 13.1. The van der Waals surface area contributed by atoms with E-state index in [4.69, 9.17) is 17.3 Å². The Balaban J connectivity index is 0.00000200. The summed E-state index contributed by atoms with van der Waals surface area (Å²) < 4.78 is 13.4. The molecule has 0 aliphatic carbocycles. The normalized spacial score (nSPS) is 21.2. The van der Waals surface area contributed by atoms with Crippen molar-refractivity contribution in [2.45, 2.75) is 26.3 Å². The van der Waals surface area contributed by atoms with Crippen molar-refractivity contribution < 1.29 is 9.18 Å². The molecule has 1 aromatic carbocycles. The second-order valence-corrected chi connectivity index (χ2v) is 6.15. The SMILES string of the molecule is CC1(C)CN(C(=O)c2ccc(Cl)c(F)c2)CCC1N.Cl. The fourth-order valence-electron chi connectivity index (χ4n) is 2.36. The molecule has 0 aromatic heterocycles. The Bertz CT molecular complexity index is 508. The van der Waals surface area contributed by atoms with Crippen molar-refractivity contribution in [1.29, 1.82) is 0 Å². The molecule has 1 atom stereocenters. The minimum atomic E-state index is -0.569. The van der Waals surface area contributed by atoms with E-state index in [9.17, 15) is 9.18 Å². The van der Waals surface area contributed by atoms with Crippen LogP contribution in [0.4, 0.5) is 4.39 Å². The molecule has 0 radical (unpaired) electrons. The van der Waals surface area contributed by atoms with Gasteiger partial charge >= 0.3 is 0 Å². The molecule has 1 heterocycles. The minimum absolute atomic E-state index is 0. The van der Waals surface area contributed by atoms with Gasteiger partial charge in [-0.15, -0.1) is 12.4 Å². The van der Waals surface area contributed by atoms with Crippen molar-refractivity contribution in [3.05, 3.63) is 34.6 Å². The topological polar surface area (TPSA) is 46.3 Å². The van der Waals surface area contributed by atoms with Crippen molar-refractivity contribution in [2.24, 2.45) is 11.1 Å². The Morgan fingerprint density at radius 1 is 1.50 bits per heavy atom. The van der Waals surface area contributed by atoms with Crippen LogP contribution in [0.25, 0.3) is 0 Å². The van der Waals surface area contributed by atoms with Crippen LogP contribution in [0.5, 0.6) is 0 Å². The van der Waals surface area contributed by atoms with Gasteiger partial charge < -0.3 is 10.6 Å². The summed E-state index contributed by atoms with van der Waals surface area (Å²) >= 11 is 5.62. The largest absolute Gasteiger partial charge is 0.338 e. The fraction of sp³-hybridized carbons (Fsp3) is 0.500. The standard InChI is InChI=1S/C14H18ClFN2O.ClH/c1-14(2)8-18(6-5-12(14)17)13(19)9-3-4-10(15)11(16)7-9;/h3-4,7,12H,5-6,8,17H2,1-2H3;1H. The van der Waals surface area contributed by atoms with Crippen LogP contribution >= 0.6 is 24.0 Å². The summed E-state index contributed by atoms with van der Waals surface area (Å²) in [6, 6.07) is 4.23. The quantitative estimate of drug-likeness (QED) is 0.864. The van der Waals surface area contributed by atoms with E-state index in [0.29, 0.717) is 18.7 Å². The highest BCUT2D eigenvalue weighted by Crippen LogP contribution is 2.29. The van der Waals surface area contributed by atoms with E-state index in [2.05, 4.69) is 0 Å².